The van der Waals surface area contributed by atoms with E-state index in [2.05, 4.69) is 6.92 Å². The number of carboxylic acids is 1. The zero-order valence-electron chi connectivity index (χ0n) is 30.0. The summed E-state index contributed by atoms with van der Waals surface area (Å²) in [7, 11) is 1.23. The first-order chi connectivity index (χ1) is 23.9. The number of halogens is 2. The number of imide groups is 1. The molecule has 276 valence electrons. The van der Waals surface area contributed by atoms with Crippen molar-refractivity contribution in [1.82, 2.24) is 4.90 Å². The highest BCUT2D eigenvalue weighted by Gasteiger charge is 2.60. The summed E-state index contributed by atoms with van der Waals surface area (Å²) in [4.78, 5) is 42.3. The Labute approximate surface area is 300 Å². The van der Waals surface area contributed by atoms with E-state index in [1.54, 1.807) is 6.08 Å². The highest BCUT2D eigenvalue weighted by Crippen LogP contribution is 2.56. The summed E-state index contributed by atoms with van der Waals surface area (Å²) in [5, 5.41) is 21.2. The summed E-state index contributed by atoms with van der Waals surface area (Å²) in [6.45, 7) is 5.24. The molecule has 2 amide bonds. The van der Waals surface area contributed by atoms with Crippen LogP contribution in [0.2, 0.25) is 0 Å². The molecule has 7 nitrogen and oxygen atoms in total. The van der Waals surface area contributed by atoms with Crippen molar-refractivity contribution in [2.45, 2.75) is 120 Å². The van der Waals surface area contributed by atoms with E-state index in [9.17, 15) is 33.4 Å². The topological polar surface area (TPSA) is 104 Å². The third kappa shape index (κ3) is 10.3. The van der Waals surface area contributed by atoms with Crippen LogP contribution in [0.4, 0.5) is 13.6 Å². The third-order valence-electron chi connectivity index (χ3n) is 9.57. The molecule has 0 aromatic heterocycles. The monoisotopic (exact) mass is 715 g/mol. The second-order valence-electron chi connectivity index (χ2n) is 13.8. The van der Waals surface area contributed by atoms with Crippen molar-refractivity contribution >= 4 is 28.9 Å². The first-order valence-electron chi connectivity index (χ1n) is 18.0. The van der Waals surface area contributed by atoms with Gasteiger partial charge in [-0.2, -0.15) is 0 Å². The van der Waals surface area contributed by atoms with E-state index in [0.717, 1.165) is 53.5 Å². The molecule has 0 unspecified atom stereocenters. The quantitative estimate of drug-likeness (QED) is 0.0924. The maximum Gasteiger partial charge on any atom is 0.339 e. The van der Waals surface area contributed by atoms with E-state index in [4.69, 9.17) is 4.74 Å². The van der Waals surface area contributed by atoms with Gasteiger partial charge in [0.05, 0.1) is 23.3 Å². The van der Waals surface area contributed by atoms with Gasteiger partial charge in [-0.3, -0.25) is 14.5 Å². The van der Waals surface area contributed by atoms with Crippen LogP contribution < -0.4 is 0 Å². The summed E-state index contributed by atoms with van der Waals surface area (Å²) in [6, 6.07) is 18.2. The average Bonchev–Trinajstić information content (AvgIpc) is 3.42. The lowest BCUT2D eigenvalue weighted by atomic mass is 9.77. The van der Waals surface area contributed by atoms with Gasteiger partial charge in [0, 0.05) is 20.0 Å². The van der Waals surface area contributed by atoms with Crippen LogP contribution >= 0.6 is 11.8 Å². The van der Waals surface area contributed by atoms with Crippen LogP contribution in [0.15, 0.2) is 72.8 Å². The van der Waals surface area contributed by atoms with Gasteiger partial charge < -0.3 is 14.9 Å². The molecule has 0 saturated carbocycles. The standard InChI is InChI=1S/C40H55F2NO6S/c1-5-6-7-11-20-27-38(41,42)28-21-12-9-8-10-19-26-33(39(48,29-49-4)36(45)46)35(44)43-34(30(2)3)40(50-37(43)47,31-22-15-13-16-23-31)32-24-17-14-18-25-32/h13-19,22-26,30,33-34,48H,5-12,20-21,27-29H2,1-4H3,(H,45,46)/b26-19+/t33-,34+,39+/m1/s1. The van der Waals surface area contributed by atoms with E-state index in [-0.39, 0.29) is 18.8 Å². The Balaban J connectivity index is 1.80. The number of thioether (sulfide) groups is 1. The number of carbonyl (C=O) groups is 3. The Bertz CT molecular complexity index is 1350. The number of carbonyl (C=O) groups excluding carboxylic acids is 2. The smallest absolute Gasteiger partial charge is 0.339 e. The number of aliphatic hydroxyl groups is 1. The van der Waals surface area contributed by atoms with Crippen molar-refractivity contribution in [3.8, 4) is 0 Å². The molecule has 2 N–H and O–H groups in total. The molecule has 0 radical (unpaired) electrons. The fourth-order valence-corrected chi connectivity index (χ4v) is 8.56. The largest absolute Gasteiger partial charge is 0.479 e. The minimum Gasteiger partial charge on any atom is -0.479 e. The molecule has 1 fully saturated rings. The molecular formula is C40H55F2NO6S. The van der Waals surface area contributed by atoms with Crippen molar-refractivity contribution in [3.63, 3.8) is 0 Å². The number of ether oxygens (including phenoxy) is 1. The maximum absolute atomic E-state index is 14.6. The predicted molar refractivity (Wildman–Crippen MR) is 195 cm³/mol. The Morgan fingerprint density at radius 2 is 1.44 bits per heavy atom. The second-order valence-corrected chi connectivity index (χ2v) is 15.0. The van der Waals surface area contributed by atoms with Crippen LogP contribution in [0.1, 0.15) is 109 Å². The molecule has 1 aliphatic rings. The highest BCUT2D eigenvalue weighted by molar-refractivity contribution is 8.15. The van der Waals surface area contributed by atoms with Gasteiger partial charge in [-0.15, -0.1) is 0 Å². The Morgan fingerprint density at radius 3 is 1.92 bits per heavy atom. The molecule has 10 heteroatoms. The molecule has 2 aromatic carbocycles. The van der Waals surface area contributed by atoms with Gasteiger partial charge in [-0.05, 0) is 54.5 Å². The number of amides is 2. The molecule has 0 spiro atoms. The number of rotatable bonds is 22. The van der Waals surface area contributed by atoms with Gasteiger partial charge in [0.15, 0.2) is 0 Å². The number of unbranched alkanes of at least 4 members (excludes halogenated alkanes) is 8. The lowest BCUT2D eigenvalue weighted by Gasteiger charge is -2.41. The van der Waals surface area contributed by atoms with Crippen LogP contribution in [0.3, 0.4) is 0 Å². The zero-order chi connectivity index (χ0) is 36.8. The van der Waals surface area contributed by atoms with Gasteiger partial charge in [-0.25, -0.2) is 13.6 Å². The molecule has 50 heavy (non-hydrogen) atoms. The van der Waals surface area contributed by atoms with E-state index in [0.29, 0.717) is 38.5 Å². The normalized spacial score (nSPS) is 18.1. The lowest BCUT2D eigenvalue weighted by Crippen LogP contribution is -2.58. The minimum absolute atomic E-state index is 0.0731. The number of carboxylic acid groups (broad SMARTS) is 1. The molecular weight excluding hydrogens is 661 g/mol. The van der Waals surface area contributed by atoms with Crippen molar-refractivity contribution in [2.24, 2.45) is 11.8 Å². The average molecular weight is 716 g/mol. The molecule has 1 heterocycles. The first kappa shape index (κ1) is 41.3. The first-order valence-corrected chi connectivity index (χ1v) is 18.8. The van der Waals surface area contributed by atoms with Crippen molar-refractivity contribution in [2.75, 3.05) is 13.7 Å². The van der Waals surface area contributed by atoms with Gasteiger partial charge >= 0.3 is 5.97 Å². The summed E-state index contributed by atoms with van der Waals surface area (Å²) >= 11 is 1.02. The molecule has 0 aliphatic carbocycles. The number of allylic oxidation sites excluding steroid dienone is 1. The number of aliphatic carboxylic acids is 1. The number of benzene rings is 2. The van der Waals surface area contributed by atoms with E-state index < -0.39 is 52.0 Å². The maximum atomic E-state index is 14.6. The number of hydrogen-bond acceptors (Lipinski definition) is 6. The van der Waals surface area contributed by atoms with Crippen LogP contribution in [-0.2, 0) is 19.1 Å². The number of nitrogens with zero attached hydrogens (tertiary/aromatic N) is 1. The van der Waals surface area contributed by atoms with Crippen LogP contribution in [0.25, 0.3) is 0 Å². The number of methoxy groups -OCH3 is 1. The Kier molecular flexibility index (Phi) is 16.1. The van der Waals surface area contributed by atoms with E-state index in [1.807, 2.05) is 74.5 Å². The molecule has 1 aliphatic heterocycles. The highest BCUT2D eigenvalue weighted by atomic mass is 32.2. The zero-order valence-corrected chi connectivity index (χ0v) is 30.8. The number of hydrogen-bond donors (Lipinski definition) is 2. The minimum atomic E-state index is -2.65. The fraction of sp³-hybridized carbons (Fsp3) is 0.575. The van der Waals surface area contributed by atoms with Gasteiger partial charge in [0.1, 0.15) is 0 Å². The van der Waals surface area contributed by atoms with Crippen molar-refractivity contribution in [1.29, 1.82) is 0 Å². The van der Waals surface area contributed by atoms with Gasteiger partial charge in [-0.1, -0.05) is 132 Å². The summed E-state index contributed by atoms with van der Waals surface area (Å²) in [5.41, 5.74) is -1.01. The van der Waals surface area contributed by atoms with Crippen LogP contribution in [0, 0.1) is 11.8 Å². The molecule has 3 rings (SSSR count). The summed E-state index contributed by atoms with van der Waals surface area (Å²) in [5.74, 6) is -7.02. The lowest BCUT2D eigenvalue weighted by molar-refractivity contribution is -0.175. The van der Waals surface area contributed by atoms with Crippen LogP contribution in [0.5, 0.6) is 0 Å². The van der Waals surface area contributed by atoms with Crippen molar-refractivity contribution in [3.05, 3.63) is 83.9 Å². The van der Waals surface area contributed by atoms with E-state index in [1.165, 1.54) is 13.2 Å². The second kappa shape index (κ2) is 19.5. The number of alkyl halides is 2. The molecule has 2 aromatic rings. The SMILES string of the molecule is CCCCCCCC(F)(F)CCCCCC/C=C/[C@H](C(=O)N1C(=O)SC(c2ccccc2)(c2ccccc2)[C@@H]1C(C)C)[C@@](O)(COC)C(=O)O. The molecule has 0 bridgehead atoms. The molecule has 3 atom stereocenters. The summed E-state index contributed by atoms with van der Waals surface area (Å²) < 4.78 is 32.7. The van der Waals surface area contributed by atoms with Crippen LogP contribution in [-0.4, -0.2) is 63.5 Å². The summed E-state index contributed by atoms with van der Waals surface area (Å²) in [6.07, 6.45) is 10.1. The van der Waals surface area contributed by atoms with Gasteiger partial charge in [0.25, 0.3) is 5.24 Å². The van der Waals surface area contributed by atoms with E-state index >= 15 is 0 Å². The van der Waals surface area contributed by atoms with Crippen molar-refractivity contribution < 1.29 is 38.1 Å². The Hall–Kier alpha value is -3.08. The molecule has 1 saturated heterocycles. The fourth-order valence-electron chi connectivity index (χ4n) is 6.98. The third-order valence-corrected chi connectivity index (χ3v) is 11.0. The predicted octanol–water partition coefficient (Wildman–Crippen LogP) is 9.62. The Morgan fingerprint density at radius 1 is 0.920 bits per heavy atom. The van der Waals surface area contributed by atoms with Gasteiger partial charge in [0.2, 0.25) is 17.4 Å².